The summed E-state index contributed by atoms with van der Waals surface area (Å²) >= 11 is 0. The lowest BCUT2D eigenvalue weighted by Gasteiger charge is -2.28. The van der Waals surface area contributed by atoms with Gasteiger partial charge in [0.05, 0.1) is 5.69 Å². The minimum absolute atomic E-state index is 0.907. The van der Waals surface area contributed by atoms with Crippen LogP contribution in [0.4, 0.5) is 34.1 Å². The van der Waals surface area contributed by atoms with E-state index in [4.69, 9.17) is 0 Å². The molecule has 0 N–H and O–H groups in total. The van der Waals surface area contributed by atoms with Crippen molar-refractivity contribution in [3.63, 3.8) is 0 Å². The maximum absolute atomic E-state index is 2.41. The van der Waals surface area contributed by atoms with E-state index in [-0.39, 0.29) is 0 Å². The van der Waals surface area contributed by atoms with Crippen LogP contribution in [0.2, 0.25) is 0 Å². The van der Waals surface area contributed by atoms with Gasteiger partial charge in [-0.2, -0.15) is 0 Å². The number of fused-ring (bicyclic) bond motifs is 3. The van der Waals surface area contributed by atoms with Gasteiger partial charge in [-0.15, -0.1) is 0 Å². The van der Waals surface area contributed by atoms with Crippen molar-refractivity contribution < 1.29 is 0 Å². The van der Waals surface area contributed by atoms with E-state index < -0.39 is 0 Å². The molecule has 6 aromatic carbocycles. The van der Waals surface area contributed by atoms with E-state index in [9.17, 15) is 0 Å². The quantitative estimate of drug-likeness (QED) is 0.201. The second-order valence-electron chi connectivity index (χ2n) is 11.8. The van der Waals surface area contributed by atoms with E-state index in [0.717, 1.165) is 17.8 Å². The smallest absolute Gasteiger partial charge is 0.0503 e. The Morgan fingerprint density at radius 2 is 0.814 bits per heavy atom. The summed E-state index contributed by atoms with van der Waals surface area (Å²) in [5.41, 5.74) is 17.5. The van der Waals surface area contributed by atoms with Crippen LogP contribution in [0, 0.1) is 27.7 Å². The normalized spacial score (nSPS) is 11.6. The average molecular weight is 557 g/mol. The van der Waals surface area contributed by atoms with Gasteiger partial charge in [0.2, 0.25) is 0 Å². The summed E-state index contributed by atoms with van der Waals surface area (Å²) in [6, 6.07) is 49.1. The lowest BCUT2D eigenvalue weighted by atomic mass is 10.0. The number of hydrogen-bond acceptors (Lipinski definition) is 2. The molecule has 0 atom stereocenters. The molecule has 0 unspecified atom stereocenters. The fraction of sp³-hybridized carbons (Fsp3) is 0.122. The van der Waals surface area contributed by atoms with Crippen molar-refractivity contribution in [3.05, 3.63) is 167 Å². The van der Waals surface area contributed by atoms with Crippen LogP contribution < -0.4 is 9.80 Å². The Kier molecular flexibility index (Phi) is 6.83. The van der Waals surface area contributed by atoms with Crippen LogP contribution in [0.3, 0.4) is 0 Å². The Bertz CT molecular complexity index is 1810. The zero-order valence-corrected chi connectivity index (χ0v) is 25.3. The summed E-state index contributed by atoms with van der Waals surface area (Å²) in [5, 5.41) is 0. The van der Waals surface area contributed by atoms with E-state index in [1.165, 1.54) is 67.3 Å². The molecule has 0 aliphatic heterocycles. The highest BCUT2D eigenvalue weighted by molar-refractivity contribution is 5.90. The number of anilines is 6. The van der Waals surface area contributed by atoms with Gasteiger partial charge in [0.25, 0.3) is 0 Å². The second-order valence-corrected chi connectivity index (χ2v) is 11.8. The lowest BCUT2D eigenvalue weighted by Crippen LogP contribution is -2.12. The fourth-order valence-electron chi connectivity index (χ4n) is 6.17. The number of hydrogen-bond donors (Lipinski definition) is 0. The Balaban J connectivity index is 1.36. The first kappa shape index (κ1) is 26.8. The molecule has 1 aliphatic rings. The number of benzene rings is 6. The molecule has 0 heterocycles. The molecule has 2 nitrogen and oxygen atoms in total. The van der Waals surface area contributed by atoms with Gasteiger partial charge in [-0.3, -0.25) is 0 Å². The maximum atomic E-state index is 2.41. The summed E-state index contributed by atoms with van der Waals surface area (Å²) in [6.45, 7) is 8.57. The van der Waals surface area contributed by atoms with Gasteiger partial charge in [0, 0.05) is 34.9 Å². The van der Waals surface area contributed by atoms with Crippen molar-refractivity contribution in [2.75, 3.05) is 9.80 Å². The molecule has 2 heteroatoms. The predicted molar refractivity (Wildman–Crippen MR) is 183 cm³/mol. The van der Waals surface area contributed by atoms with Crippen LogP contribution in [0.1, 0.15) is 33.4 Å². The highest BCUT2D eigenvalue weighted by Crippen LogP contribution is 2.47. The second kappa shape index (κ2) is 11.0. The molecule has 0 spiro atoms. The third-order valence-electron chi connectivity index (χ3n) is 8.57. The Labute approximate surface area is 255 Å². The molecule has 7 rings (SSSR count). The Hall–Kier alpha value is -5.08. The molecule has 0 radical (unpaired) electrons. The summed E-state index contributed by atoms with van der Waals surface area (Å²) in [6.07, 6.45) is 0.907. The molecule has 0 fully saturated rings. The van der Waals surface area contributed by atoms with E-state index in [1.54, 1.807) is 0 Å². The molecular formula is C41H36N2. The van der Waals surface area contributed by atoms with E-state index >= 15 is 0 Å². The van der Waals surface area contributed by atoms with Gasteiger partial charge >= 0.3 is 0 Å². The van der Waals surface area contributed by atoms with Gasteiger partial charge in [0.1, 0.15) is 0 Å². The molecule has 0 saturated carbocycles. The largest absolute Gasteiger partial charge is 0.310 e. The van der Waals surface area contributed by atoms with Gasteiger partial charge in [-0.05, 0) is 117 Å². The SMILES string of the molecule is Cc1ccc(N(c2ccc(C)cc2)c2ccc3c(c2)-c2cccc(N(c4ccc(C)cc4)c4ccc(C)cc4)c2C3)cc1. The van der Waals surface area contributed by atoms with Crippen LogP contribution in [-0.4, -0.2) is 0 Å². The number of nitrogens with zero attached hydrogens (tertiary/aromatic N) is 2. The molecule has 6 aromatic rings. The first-order valence-corrected chi connectivity index (χ1v) is 15.1. The third-order valence-corrected chi connectivity index (χ3v) is 8.57. The van der Waals surface area contributed by atoms with Crippen molar-refractivity contribution in [1.29, 1.82) is 0 Å². The molecule has 0 bridgehead atoms. The summed E-state index contributed by atoms with van der Waals surface area (Å²) in [7, 11) is 0. The Morgan fingerprint density at radius 1 is 0.395 bits per heavy atom. The summed E-state index contributed by atoms with van der Waals surface area (Å²) in [4.78, 5) is 4.78. The summed E-state index contributed by atoms with van der Waals surface area (Å²) in [5.74, 6) is 0. The molecule has 210 valence electrons. The molecule has 0 aromatic heterocycles. The zero-order valence-electron chi connectivity index (χ0n) is 25.3. The highest BCUT2D eigenvalue weighted by atomic mass is 15.1. The number of aryl methyl sites for hydroxylation is 4. The van der Waals surface area contributed by atoms with Crippen LogP contribution in [-0.2, 0) is 6.42 Å². The van der Waals surface area contributed by atoms with Crippen molar-refractivity contribution in [2.24, 2.45) is 0 Å². The van der Waals surface area contributed by atoms with Gasteiger partial charge in [0.15, 0.2) is 0 Å². The lowest BCUT2D eigenvalue weighted by molar-refractivity contribution is 1.19. The third kappa shape index (κ3) is 5.10. The van der Waals surface area contributed by atoms with Crippen molar-refractivity contribution in [3.8, 4) is 11.1 Å². The van der Waals surface area contributed by atoms with Crippen LogP contribution in [0.5, 0.6) is 0 Å². The molecule has 0 saturated heterocycles. The maximum Gasteiger partial charge on any atom is 0.0503 e. The van der Waals surface area contributed by atoms with Crippen LogP contribution >= 0.6 is 0 Å². The number of rotatable bonds is 6. The molecule has 0 amide bonds. The average Bonchev–Trinajstić information content (AvgIpc) is 3.40. The summed E-state index contributed by atoms with van der Waals surface area (Å²) < 4.78 is 0. The van der Waals surface area contributed by atoms with E-state index in [1.807, 2.05) is 0 Å². The standard InChI is InChI=1S/C41H36N2/c1-28-8-17-33(18-9-28)42(34-19-10-29(2)11-20-34)37-25-16-32-26-40-38(39(32)27-37)6-5-7-41(40)43(35-21-12-30(3)13-22-35)36-23-14-31(4)15-24-36/h5-25,27H,26H2,1-4H3. The minimum atomic E-state index is 0.907. The van der Waals surface area contributed by atoms with Crippen LogP contribution in [0.25, 0.3) is 11.1 Å². The Morgan fingerprint density at radius 3 is 1.28 bits per heavy atom. The fourth-order valence-corrected chi connectivity index (χ4v) is 6.17. The van der Waals surface area contributed by atoms with Gasteiger partial charge in [-0.25, -0.2) is 0 Å². The van der Waals surface area contributed by atoms with Gasteiger partial charge in [-0.1, -0.05) is 89.0 Å². The van der Waals surface area contributed by atoms with Gasteiger partial charge < -0.3 is 9.80 Å². The first-order valence-electron chi connectivity index (χ1n) is 15.1. The first-order chi connectivity index (χ1) is 20.9. The van der Waals surface area contributed by atoms with E-state index in [0.29, 0.717) is 0 Å². The topological polar surface area (TPSA) is 6.48 Å². The molecule has 1 aliphatic carbocycles. The zero-order chi connectivity index (χ0) is 29.5. The van der Waals surface area contributed by atoms with Crippen molar-refractivity contribution in [2.45, 2.75) is 34.1 Å². The van der Waals surface area contributed by atoms with Crippen molar-refractivity contribution >= 4 is 34.1 Å². The molecular weight excluding hydrogens is 520 g/mol. The van der Waals surface area contributed by atoms with Crippen molar-refractivity contribution in [1.82, 2.24) is 0 Å². The van der Waals surface area contributed by atoms with Crippen LogP contribution in [0.15, 0.2) is 133 Å². The predicted octanol–water partition coefficient (Wildman–Crippen LogP) is 11.4. The van der Waals surface area contributed by atoms with E-state index in [2.05, 4.69) is 171 Å². The molecule has 43 heavy (non-hydrogen) atoms. The highest BCUT2D eigenvalue weighted by Gasteiger charge is 2.26. The minimum Gasteiger partial charge on any atom is -0.310 e. The monoisotopic (exact) mass is 556 g/mol.